The third kappa shape index (κ3) is 1.96. The maximum Gasteiger partial charge on any atom is 0.275 e. The molecule has 0 amide bonds. The number of anilines is 1. The molecule has 1 aromatic carbocycles. The Morgan fingerprint density at radius 3 is 2.43 bits per heavy atom. The van der Waals surface area contributed by atoms with Gasteiger partial charge in [-0.3, -0.25) is 10.1 Å². The van der Waals surface area contributed by atoms with E-state index in [2.05, 4.69) is 0 Å². The summed E-state index contributed by atoms with van der Waals surface area (Å²) in [7, 11) is 3.64. The highest BCUT2D eigenvalue weighted by Gasteiger charge is 2.16. The SMILES string of the molecule is Cc1c(N(C)C)cc(Cl)cc1[N+](=O)[O-]. The number of halogens is 1. The maximum absolute atomic E-state index is 10.7. The van der Waals surface area contributed by atoms with Crippen LogP contribution in [0.3, 0.4) is 0 Å². The number of hydrogen-bond acceptors (Lipinski definition) is 3. The fraction of sp³-hybridized carbons (Fsp3) is 0.333. The molecular weight excluding hydrogens is 204 g/mol. The van der Waals surface area contributed by atoms with Gasteiger partial charge in [-0.05, 0) is 13.0 Å². The first-order valence-electron chi connectivity index (χ1n) is 4.05. The lowest BCUT2D eigenvalue weighted by molar-refractivity contribution is -0.385. The Balaban J connectivity index is 3.40. The van der Waals surface area contributed by atoms with Gasteiger partial charge in [0, 0.05) is 30.9 Å². The second-order valence-electron chi connectivity index (χ2n) is 3.22. The van der Waals surface area contributed by atoms with Crippen LogP contribution in [0.1, 0.15) is 5.56 Å². The summed E-state index contributed by atoms with van der Waals surface area (Å²) < 4.78 is 0. The zero-order valence-corrected chi connectivity index (χ0v) is 9.00. The normalized spacial score (nSPS) is 10.0. The Labute approximate surface area is 87.2 Å². The number of hydrogen-bond donors (Lipinski definition) is 0. The van der Waals surface area contributed by atoms with E-state index in [0.717, 1.165) is 5.69 Å². The molecule has 0 unspecified atom stereocenters. The summed E-state index contributed by atoms with van der Waals surface area (Å²) in [6.07, 6.45) is 0. The van der Waals surface area contributed by atoms with Crippen molar-refractivity contribution in [1.29, 1.82) is 0 Å². The number of nitrogens with zero attached hydrogens (tertiary/aromatic N) is 2. The molecule has 0 N–H and O–H groups in total. The van der Waals surface area contributed by atoms with Crippen LogP contribution in [0.5, 0.6) is 0 Å². The summed E-state index contributed by atoms with van der Waals surface area (Å²) >= 11 is 5.78. The Bertz CT molecular complexity index is 377. The number of rotatable bonds is 2. The molecular formula is C9H11ClN2O2. The van der Waals surface area contributed by atoms with Crippen LogP contribution in [0.2, 0.25) is 5.02 Å². The second kappa shape index (κ2) is 3.84. The van der Waals surface area contributed by atoms with Crippen molar-refractivity contribution in [3.8, 4) is 0 Å². The average molecular weight is 215 g/mol. The van der Waals surface area contributed by atoms with Crippen LogP contribution in [0.25, 0.3) is 0 Å². The van der Waals surface area contributed by atoms with Gasteiger partial charge < -0.3 is 4.90 Å². The summed E-state index contributed by atoms with van der Waals surface area (Å²) in [5.41, 5.74) is 1.45. The molecule has 76 valence electrons. The number of benzene rings is 1. The Kier molecular flexibility index (Phi) is 2.96. The molecule has 5 heteroatoms. The Morgan fingerprint density at radius 2 is 2.00 bits per heavy atom. The van der Waals surface area contributed by atoms with E-state index in [1.165, 1.54) is 6.07 Å². The van der Waals surface area contributed by atoms with Gasteiger partial charge in [0.2, 0.25) is 0 Å². The van der Waals surface area contributed by atoms with Gasteiger partial charge in [0.05, 0.1) is 10.5 Å². The van der Waals surface area contributed by atoms with E-state index in [1.807, 2.05) is 14.1 Å². The van der Waals surface area contributed by atoms with E-state index >= 15 is 0 Å². The fourth-order valence-corrected chi connectivity index (χ4v) is 1.51. The maximum atomic E-state index is 10.7. The molecule has 4 nitrogen and oxygen atoms in total. The van der Waals surface area contributed by atoms with Crippen LogP contribution >= 0.6 is 11.6 Å². The molecule has 0 saturated heterocycles. The first-order valence-corrected chi connectivity index (χ1v) is 4.43. The van der Waals surface area contributed by atoms with Crippen LogP contribution < -0.4 is 4.90 Å². The molecule has 0 heterocycles. The van der Waals surface area contributed by atoms with Gasteiger partial charge >= 0.3 is 0 Å². The molecule has 0 aliphatic rings. The second-order valence-corrected chi connectivity index (χ2v) is 3.66. The molecule has 1 rings (SSSR count). The van der Waals surface area contributed by atoms with E-state index in [4.69, 9.17) is 11.6 Å². The van der Waals surface area contributed by atoms with Gasteiger partial charge in [0.1, 0.15) is 0 Å². The average Bonchev–Trinajstić information content (AvgIpc) is 2.07. The molecule has 0 saturated carbocycles. The molecule has 0 spiro atoms. The minimum Gasteiger partial charge on any atom is -0.377 e. The molecule has 0 bridgehead atoms. The molecule has 0 fully saturated rings. The molecule has 0 radical (unpaired) electrons. The minimum atomic E-state index is -0.422. The molecule has 0 aromatic heterocycles. The molecule has 1 aromatic rings. The van der Waals surface area contributed by atoms with Crippen molar-refractivity contribution in [2.24, 2.45) is 0 Å². The molecule has 0 aliphatic carbocycles. The molecule has 0 atom stereocenters. The Morgan fingerprint density at radius 1 is 1.43 bits per heavy atom. The van der Waals surface area contributed by atoms with Crippen LogP contribution in [-0.4, -0.2) is 19.0 Å². The highest BCUT2D eigenvalue weighted by Crippen LogP contribution is 2.31. The summed E-state index contributed by atoms with van der Waals surface area (Å²) in [5.74, 6) is 0. The summed E-state index contributed by atoms with van der Waals surface area (Å²) in [6, 6.07) is 3.08. The van der Waals surface area contributed by atoms with Crippen LogP contribution in [0.15, 0.2) is 12.1 Å². The monoisotopic (exact) mass is 214 g/mol. The minimum absolute atomic E-state index is 0.0567. The smallest absolute Gasteiger partial charge is 0.275 e. The van der Waals surface area contributed by atoms with Crippen molar-refractivity contribution < 1.29 is 4.92 Å². The van der Waals surface area contributed by atoms with Crippen LogP contribution in [-0.2, 0) is 0 Å². The third-order valence-electron chi connectivity index (χ3n) is 2.00. The van der Waals surface area contributed by atoms with Gasteiger partial charge in [-0.15, -0.1) is 0 Å². The lowest BCUT2D eigenvalue weighted by atomic mass is 10.1. The van der Waals surface area contributed by atoms with Gasteiger partial charge in [0.25, 0.3) is 5.69 Å². The van der Waals surface area contributed by atoms with Gasteiger partial charge in [-0.25, -0.2) is 0 Å². The highest BCUT2D eigenvalue weighted by atomic mass is 35.5. The van der Waals surface area contributed by atoms with Crippen molar-refractivity contribution in [2.75, 3.05) is 19.0 Å². The summed E-state index contributed by atoms with van der Waals surface area (Å²) in [6.45, 7) is 1.71. The predicted molar refractivity (Wildman–Crippen MR) is 57.2 cm³/mol. The fourth-order valence-electron chi connectivity index (χ4n) is 1.30. The first kappa shape index (κ1) is 10.8. The zero-order chi connectivity index (χ0) is 10.9. The third-order valence-corrected chi connectivity index (χ3v) is 2.21. The first-order chi connectivity index (χ1) is 6.43. The number of nitro groups is 1. The van der Waals surface area contributed by atoms with Crippen molar-refractivity contribution in [1.82, 2.24) is 0 Å². The summed E-state index contributed by atoms with van der Waals surface area (Å²) in [4.78, 5) is 12.1. The molecule has 14 heavy (non-hydrogen) atoms. The molecule has 0 aliphatic heterocycles. The highest BCUT2D eigenvalue weighted by molar-refractivity contribution is 6.31. The van der Waals surface area contributed by atoms with Crippen LogP contribution in [0, 0.1) is 17.0 Å². The van der Waals surface area contributed by atoms with Crippen molar-refractivity contribution >= 4 is 23.0 Å². The van der Waals surface area contributed by atoms with Gasteiger partial charge in [-0.2, -0.15) is 0 Å². The van der Waals surface area contributed by atoms with Gasteiger partial charge in [-0.1, -0.05) is 11.6 Å². The largest absolute Gasteiger partial charge is 0.377 e. The van der Waals surface area contributed by atoms with Crippen LogP contribution in [0.4, 0.5) is 11.4 Å². The van der Waals surface area contributed by atoms with Crippen molar-refractivity contribution in [3.05, 3.63) is 32.8 Å². The lowest BCUT2D eigenvalue weighted by Gasteiger charge is -2.15. The standard InChI is InChI=1S/C9H11ClN2O2/c1-6-8(11(2)3)4-7(10)5-9(6)12(13)14/h4-5H,1-3H3. The summed E-state index contributed by atoms with van der Waals surface area (Å²) in [5, 5.41) is 11.1. The zero-order valence-electron chi connectivity index (χ0n) is 8.24. The van der Waals surface area contributed by atoms with E-state index < -0.39 is 4.92 Å². The number of nitro benzene ring substituents is 1. The van der Waals surface area contributed by atoms with Crippen molar-refractivity contribution in [2.45, 2.75) is 6.92 Å². The lowest BCUT2D eigenvalue weighted by Crippen LogP contribution is -2.11. The quantitative estimate of drug-likeness (QED) is 0.562. The van der Waals surface area contributed by atoms with E-state index in [-0.39, 0.29) is 5.69 Å². The predicted octanol–water partition coefficient (Wildman–Crippen LogP) is 2.62. The van der Waals surface area contributed by atoms with E-state index in [0.29, 0.717) is 10.6 Å². The van der Waals surface area contributed by atoms with E-state index in [9.17, 15) is 10.1 Å². The van der Waals surface area contributed by atoms with Gasteiger partial charge in [0.15, 0.2) is 0 Å². The van der Waals surface area contributed by atoms with Crippen molar-refractivity contribution in [3.63, 3.8) is 0 Å². The topological polar surface area (TPSA) is 46.4 Å². The van der Waals surface area contributed by atoms with E-state index in [1.54, 1.807) is 17.9 Å². The Hall–Kier alpha value is -1.29.